The zero-order chi connectivity index (χ0) is 14.7. The summed E-state index contributed by atoms with van der Waals surface area (Å²) in [6.07, 6.45) is 0. The number of amides is 1. The Balaban J connectivity index is 2.27. The van der Waals surface area contributed by atoms with Crippen LogP contribution >= 0.6 is 22.6 Å². The van der Waals surface area contributed by atoms with Crippen molar-refractivity contribution in [3.8, 4) is 0 Å². The summed E-state index contributed by atoms with van der Waals surface area (Å²) >= 11 is 2.01. The number of hydrogen-bond acceptors (Lipinski definition) is 1. The van der Waals surface area contributed by atoms with Crippen LogP contribution in [-0.4, -0.2) is 13.0 Å². The number of nitrogens with zero attached hydrogens (tertiary/aromatic N) is 1. The molecule has 0 N–H and O–H groups in total. The number of hydrogen-bond donors (Lipinski definition) is 0. The van der Waals surface area contributed by atoms with Crippen molar-refractivity contribution in [2.24, 2.45) is 0 Å². The van der Waals surface area contributed by atoms with Crippen LogP contribution in [0.15, 0.2) is 55.1 Å². The van der Waals surface area contributed by atoms with Crippen molar-refractivity contribution in [3.63, 3.8) is 0 Å². The van der Waals surface area contributed by atoms with Gasteiger partial charge in [-0.05, 0) is 46.4 Å². The zero-order valence-electron chi connectivity index (χ0n) is 10.9. The largest absolute Gasteiger partial charge is 0.310 e. The Morgan fingerprint density at radius 2 is 1.85 bits per heavy atom. The summed E-state index contributed by atoms with van der Waals surface area (Å²) in [6, 6.07) is 13.6. The van der Waals surface area contributed by atoms with E-state index < -0.39 is 0 Å². The summed E-state index contributed by atoms with van der Waals surface area (Å²) in [4.78, 5) is 13.9. The highest BCUT2D eigenvalue weighted by Crippen LogP contribution is 2.25. The van der Waals surface area contributed by atoms with Gasteiger partial charge in [-0.3, -0.25) is 4.79 Å². The minimum atomic E-state index is -0.319. The van der Waals surface area contributed by atoms with Crippen LogP contribution in [0.1, 0.15) is 5.56 Å². The Bertz CT molecular complexity index is 655. The second-order valence-corrected chi connectivity index (χ2v) is 5.47. The molecule has 0 aliphatic rings. The Morgan fingerprint density at radius 1 is 1.20 bits per heavy atom. The number of benzene rings is 2. The number of carbonyl (C=O) groups excluding carboxylic acids is 1. The SMILES string of the molecule is C=C(C(=O)N(C)c1ccc(F)cc1I)c1ccccc1. The molecule has 0 fully saturated rings. The molecular weight excluding hydrogens is 368 g/mol. The zero-order valence-corrected chi connectivity index (χ0v) is 13.1. The van der Waals surface area contributed by atoms with E-state index in [1.165, 1.54) is 17.0 Å². The number of rotatable bonds is 3. The highest BCUT2D eigenvalue weighted by molar-refractivity contribution is 14.1. The van der Waals surface area contributed by atoms with Crippen LogP contribution in [0.5, 0.6) is 0 Å². The minimum Gasteiger partial charge on any atom is -0.310 e. The van der Waals surface area contributed by atoms with Crippen LogP contribution in [0.25, 0.3) is 5.57 Å². The van der Waals surface area contributed by atoms with Gasteiger partial charge < -0.3 is 4.90 Å². The summed E-state index contributed by atoms with van der Waals surface area (Å²) in [6.45, 7) is 3.85. The van der Waals surface area contributed by atoms with Gasteiger partial charge in [0.1, 0.15) is 5.82 Å². The van der Waals surface area contributed by atoms with Crippen molar-refractivity contribution in [1.29, 1.82) is 0 Å². The average molecular weight is 381 g/mol. The van der Waals surface area contributed by atoms with Gasteiger partial charge in [-0.1, -0.05) is 36.9 Å². The molecule has 0 aliphatic carbocycles. The first-order valence-electron chi connectivity index (χ1n) is 5.98. The first-order chi connectivity index (χ1) is 9.50. The normalized spacial score (nSPS) is 10.2. The molecule has 2 rings (SSSR count). The predicted octanol–water partition coefficient (Wildman–Crippen LogP) is 4.11. The summed E-state index contributed by atoms with van der Waals surface area (Å²) in [5, 5.41) is 0. The van der Waals surface area contributed by atoms with Crippen molar-refractivity contribution in [1.82, 2.24) is 0 Å². The number of halogens is 2. The Labute approximate surface area is 131 Å². The Hall–Kier alpha value is -1.69. The van der Waals surface area contributed by atoms with Crippen LogP contribution in [-0.2, 0) is 4.79 Å². The third-order valence-electron chi connectivity index (χ3n) is 2.96. The van der Waals surface area contributed by atoms with E-state index >= 15 is 0 Å². The van der Waals surface area contributed by atoms with E-state index in [2.05, 4.69) is 6.58 Å². The maximum absolute atomic E-state index is 13.1. The van der Waals surface area contributed by atoms with E-state index in [1.54, 1.807) is 13.1 Å². The molecule has 2 aromatic rings. The second kappa shape index (κ2) is 6.17. The van der Waals surface area contributed by atoms with Gasteiger partial charge in [0.05, 0.1) is 5.69 Å². The van der Waals surface area contributed by atoms with Crippen LogP contribution in [0.2, 0.25) is 0 Å². The topological polar surface area (TPSA) is 20.3 Å². The molecular formula is C16H13FINO. The molecule has 0 heterocycles. The molecule has 0 aromatic heterocycles. The van der Waals surface area contributed by atoms with E-state index in [4.69, 9.17) is 0 Å². The monoisotopic (exact) mass is 381 g/mol. The molecule has 0 aliphatic heterocycles. The lowest BCUT2D eigenvalue weighted by Crippen LogP contribution is -2.27. The average Bonchev–Trinajstić information content (AvgIpc) is 2.46. The smallest absolute Gasteiger partial charge is 0.258 e. The highest BCUT2D eigenvalue weighted by Gasteiger charge is 2.17. The Morgan fingerprint density at radius 3 is 2.45 bits per heavy atom. The summed E-state index contributed by atoms with van der Waals surface area (Å²) in [5.74, 6) is -0.526. The third-order valence-corrected chi connectivity index (χ3v) is 3.82. The fraction of sp³-hybridized carbons (Fsp3) is 0.0625. The van der Waals surface area contributed by atoms with Crippen molar-refractivity contribution in [3.05, 3.63) is 70.1 Å². The fourth-order valence-electron chi connectivity index (χ4n) is 1.83. The maximum Gasteiger partial charge on any atom is 0.258 e. The molecule has 2 aromatic carbocycles. The molecule has 0 saturated heterocycles. The number of likely N-dealkylation sites (N-methyl/N-ethyl adjacent to an activating group) is 1. The van der Waals surface area contributed by atoms with Gasteiger partial charge >= 0.3 is 0 Å². The van der Waals surface area contributed by atoms with Gasteiger partial charge in [0.25, 0.3) is 5.91 Å². The van der Waals surface area contributed by atoms with Crippen molar-refractivity contribution >= 4 is 39.8 Å². The quantitative estimate of drug-likeness (QED) is 0.579. The molecule has 0 unspecified atom stereocenters. The van der Waals surface area contributed by atoms with E-state index in [9.17, 15) is 9.18 Å². The van der Waals surface area contributed by atoms with Crippen LogP contribution in [0, 0.1) is 9.39 Å². The van der Waals surface area contributed by atoms with Gasteiger partial charge in [-0.25, -0.2) is 4.39 Å². The van der Waals surface area contributed by atoms with E-state index in [0.29, 0.717) is 14.8 Å². The first kappa shape index (κ1) is 14.7. The molecule has 1 amide bonds. The predicted molar refractivity (Wildman–Crippen MR) is 88.0 cm³/mol. The van der Waals surface area contributed by atoms with Gasteiger partial charge in [0, 0.05) is 16.2 Å². The molecule has 0 spiro atoms. The lowest BCUT2D eigenvalue weighted by Gasteiger charge is -2.20. The summed E-state index contributed by atoms with van der Waals surface area (Å²) in [5.41, 5.74) is 1.85. The van der Waals surface area contributed by atoms with E-state index in [1.807, 2.05) is 52.9 Å². The maximum atomic E-state index is 13.1. The molecule has 4 heteroatoms. The lowest BCUT2D eigenvalue weighted by molar-refractivity contribution is -0.113. The molecule has 0 atom stereocenters. The molecule has 20 heavy (non-hydrogen) atoms. The summed E-state index contributed by atoms with van der Waals surface area (Å²) in [7, 11) is 1.66. The molecule has 0 saturated carbocycles. The van der Waals surface area contributed by atoms with E-state index in [-0.39, 0.29) is 11.7 Å². The van der Waals surface area contributed by atoms with Crippen molar-refractivity contribution in [2.45, 2.75) is 0 Å². The lowest BCUT2D eigenvalue weighted by atomic mass is 10.1. The minimum absolute atomic E-state index is 0.208. The molecule has 2 nitrogen and oxygen atoms in total. The molecule has 0 bridgehead atoms. The number of carbonyl (C=O) groups is 1. The van der Waals surface area contributed by atoms with Crippen molar-refractivity contribution < 1.29 is 9.18 Å². The molecule has 0 radical (unpaired) electrons. The Kier molecular flexibility index (Phi) is 4.54. The summed E-state index contributed by atoms with van der Waals surface area (Å²) < 4.78 is 13.8. The van der Waals surface area contributed by atoms with Crippen LogP contribution < -0.4 is 4.90 Å². The van der Waals surface area contributed by atoms with E-state index in [0.717, 1.165) is 5.56 Å². The van der Waals surface area contributed by atoms with Crippen LogP contribution in [0.3, 0.4) is 0 Å². The van der Waals surface area contributed by atoms with Crippen molar-refractivity contribution in [2.75, 3.05) is 11.9 Å². The second-order valence-electron chi connectivity index (χ2n) is 4.30. The molecule has 102 valence electrons. The first-order valence-corrected chi connectivity index (χ1v) is 7.06. The fourth-order valence-corrected chi connectivity index (χ4v) is 2.67. The number of anilines is 1. The van der Waals surface area contributed by atoms with Gasteiger partial charge in [-0.2, -0.15) is 0 Å². The standard InChI is InChI=1S/C16H13FINO/c1-11(12-6-4-3-5-7-12)16(20)19(2)15-9-8-13(17)10-14(15)18/h3-10H,1H2,2H3. The van der Waals surface area contributed by atoms with Crippen LogP contribution in [0.4, 0.5) is 10.1 Å². The highest BCUT2D eigenvalue weighted by atomic mass is 127. The van der Waals surface area contributed by atoms with Gasteiger partial charge in [-0.15, -0.1) is 0 Å². The third kappa shape index (κ3) is 3.07. The van der Waals surface area contributed by atoms with Gasteiger partial charge in [0.2, 0.25) is 0 Å². The van der Waals surface area contributed by atoms with Gasteiger partial charge in [0.15, 0.2) is 0 Å².